The van der Waals surface area contributed by atoms with E-state index >= 15 is 0 Å². The highest BCUT2D eigenvalue weighted by Gasteiger charge is 2.62. The molecular formula is C51H39N3. The summed E-state index contributed by atoms with van der Waals surface area (Å²) in [5, 5.41) is 5.21. The van der Waals surface area contributed by atoms with Gasteiger partial charge in [0.2, 0.25) is 0 Å². The van der Waals surface area contributed by atoms with Gasteiger partial charge in [0.25, 0.3) is 0 Å². The molecule has 0 saturated heterocycles. The van der Waals surface area contributed by atoms with Crippen molar-refractivity contribution in [2.75, 3.05) is 0 Å². The molecule has 0 aliphatic heterocycles. The summed E-state index contributed by atoms with van der Waals surface area (Å²) in [5.74, 6) is 5.19. The van der Waals surface area contributed by atoms with Gasteiger partial charge in [0.15, 0.2) is 17.5 Å². The van der Waals surface area contributed by atoms with Crippen molar-refractivity contribution in [1.29, 1.82) is 0 Å². The van der Waals surface area contributed by atoms with Gasteiger partial charge in [0.05, 0.1) is 0 Å². The van der Waals surface area contributed by atoms with Crippen LogP contribution in [-0.4, -0.2) is 15.0 Å². The summed E-state index contributed by atoms with van der Waals surface area (Å²) in [6.07, 6.45) is 6.80. The number of aromatic nitrogens is 3. The van der Waals surface area contributed by atoms with Crippen LogP contribution in [0.3, 0.4) is 0 Å². The summed E-state index contributed by atoms with van der Waals surface area (Å²) in [4.78, 5) is 15.9. The van der Waals surface area contributed by atoms with E-state index in [1.54, 1.807) is 5.56 Å². The molecule has 1 heterocycles. The van der Waals surface area contributed by atoms with Crippen molar-refractivity contribution in [3.05, 3.63) is 163 Å². The molecule has 5 aliphatic rings. The van der Waals surface area contributed by atoms with E-state index in [0.717, 1.165) is 34.4 Å². The molecule has 0 N–H and O–H groups in total. The fourth-order valence-corrected chi connectivity index (χ4v) is 11.8. The van der Waals surface area contributed by atoms with Crippen LogP contribution in [0.4, 0.5) is 0 Å². The smallest absolute Gasteiger partial charge is 0.164 e. The van der Waals surface area contributed by atoms with Crippen LogP contribution in [-0.2, 0) is 5.41 Å². The van der Waals surface area contributed by atoms with Gasteiger partial charge in [-0.2, -0.15) is 0 Å². The first-order valence-corrected chi connectivity index (χ1v) is 19.8. The lowest BCUT2D eigenvalue weighted by atomic mass is 9.43. The van der Waals surface area contributed by atoms with Crippen LogP contribution in [0.15, 0.2) is 152 Å². The maximum Gasteiger partial charge on any atom is 0.164 e. The molecule has 4 bridgehead atoms. The molecule has 7 aromatic carbocycles. The zero-order valence-electron chi connectivity index (χ0n) is 30.1. The fourth-order valence-electron chi connectivity index (χ4n) is 11.8. The Kier molecular flexibility index (Phi) is 6.52. The van der Waals surface area contributed by atoms with Gasteiger partial charge >= 0.3 is 0 Å². The quantitative estimate of drug-likeness (QED) is 0.184. The third kappa shape index (κ3) is 4.33. The Labute approximate surface area is 315 Å². The van der Waals surface area contributed by atoms with Crippen LogP contribution < -0.4 is 0 Å². The fraction of sp³-hybridized carbons (Fsp3) is 0.196. The first-order valence-electron chi connectivity index (χ1n) is 19.8. The maximum atomic E-state index is 5.38. The summed E-state index contributed by atoms with van der Waals surface area (Å²) in [6.45, 7) is 0. The summed E-state index contributed by atoms with van der Waals surface area (Å²) in [7, 11) is 0. The Morgan fingerprint density at radius 2 is 0.889 bits per heavy atom. The van der Waals surface area contributed by atoms with Gasteiger partial charge in [-0.25, -0.2) is 15.0 Å². The molecule has 0 radical (unpaired) electrons. The molecule has 0 atom stereocenters. The first kappa shape index (κ1) is 30.5. The zero-order chi connectivity index (χ0) is 35.4. The normalized spacial score (nSPS) is 23.3. The van der Waals surface area contributed by atoms with Crippen molar-refractivity contribution in [3.8, 4) is 56.4 Å². The third-order valence-electron chi connectivity index (χ3n) is 13.7. The third-order valence-corrected chi connectivity index (χ3v) is 13.7. The number of hydrogen-bond donors (Lipinski definition) is 0. The Balaban J connectivity index is 1.13. The second-order valence-electron chi connectivity index (χ2n) is 16.4. The second-order valence-corrected chi connectivity index (χ2v) is 16.4. The number of fused-ring (bicyclic) bond motifs is 7. The largest absolute Gasteiger partial charge is 0.208 e. The van der Waals surface area contributed by atoms with Crippen molar-refractivity contribution in [1.82, 2.24) is 15.0 Å². The lowest BCUT2D eigenvalue weighted by Gasteiger charge is -2.61. The van der Waals surface area contributed by atoms with Crippen molar-refractivity contribution >= 4 is 21.5 Å². The first-order chi connectivity index (χ1) is 26.7. The Bertz CT molecular complexity index is 2740. The molecule has 5 aliphatic carbocycles. The van der Waals surface area contributed by atoms with Gasteiger partial charge in [-0.1, -0.05) is 146 Å². The van der Waals surface area contributed by atoms with E-state index in [-0.39, 0.29) is 5.41 Å². The van der Waals surface area contributed by atoms with E-state index in [9.17, 15) is 0 Å². The Morgan fingerprint density at radius 1 is 0.389 bits per heavy atom. The molecule has 0 amide bonds. The highest BCUT2D eigenvalue weighted by molar-refractivity contribution is 6.14. The van der Waals surface area contributed by atoms with Crippen LogP contribution in [0.1, 0.15) is 43.2 Å². The molecular weight excluding hydrogens is 655 g/mol. The van der Waals surface area contributed by atoms with Gasteiger partial charge in [-0.05, 0) is 117 Å². The molecule has 258 valence electrons. The highest BCUT2D eigenvalue weighted by Crippen LogP contribution is 2.70. The van der Waals surface area contributed by atoms with Crippen molar-refractivity contribution in [3.63, 3.8) is 0 Å². The molecule has 1 aromatic heterocycles. The van der Waals surface area contributed by atoms with Crippen LogP contribution in [0.25, 0.3) is 78.0 Å². The Hall–Kier alpha value is -5.93. The molecule has 1 spiro atoms. The molecule has 3 nitrogen and oxygen atoms in total. The number of hydrogen-bond acceptors (Lipinski definition) is 3. The van der Waals surface area contributed by atoms with E-state index < -0.39 is 0 Å². The summed E-state index contributed by atoms with van der Waals surface area (Å²) < 4.78 is 0. The molecule has 8 aromatic rings. The molecule has 4 saturated carbocycles. The van der Waals surface area contributed by atoms with Crippen molar-refractivity contribution in [2.24, 2.45) is 23.7 Å². The highest BCUT2D eigenvalue weighted by atomic mass is 15.0. The minimum atomic E-state index is 0.00624. The van der Waals surface area contributed by atoms with E-state index in [4.69, 9.17) is 15.0 Å². The molecule has 3 heteroatoms. The predicted molar refractivity (Wildman–Crippen MR) is 220 cm³/mol. The molecule has 54 heavy (non-hydrogen) atoms. The lowest BCUT2D eigenvalue weighted by molar-refractivity contribution is -0.0398. The predicted octanol–water partition coefficient (Wildman–Crippen LogP) is 12.6. The SMILES string of the molecule is c1ccc(-c2ccc(-c3nc(-c4ccccc4)nc(-c4cc5c(c6ccccc46)-c4c(ccc6ccccc46)C54C5CC6CC(C5)CC4C6)n3)cc2)cc1. The second kappa shape index (κ2) is 11.5. The number of nitrogens with zero attached hydrogens (tertiary/aromatic N) is 3. The Morgan fingerprint density at radius 3 is 1.57 bits per heavy atom. The van der Waals surface area contributed by atoms with E-state index in [2.05, 4.69) is 152 Å². The van der Waals surface area contributed by atoms with Crippen LogP contribution >= 0.6 is 0 Å². The lowest BCUT2D eigenvalue weighted by Crippen LogP contribution is -2.55. The average Bonchev–Trinajstić information content (AvgIpc) is 3.54. The van der Waals surface area contributed by atoms with Gasteiger partial charge in [-0.15, -0.1) is 0 Å². The van der Waals surface area contributed by atoms with Crippen LogP contribution in [0.5, 0.6) is 0 Å². The van der Waals surface area contributed by atoms with Gasteiger partial charge < -0.3 is 0 Å². The number of benzene rings is 7. The topological polar surface area (TPSA) is 38.7 Å². The molecule has 0 unspecified atom stereocenters. The number of rotatable bonds is 4. The summed E-state index contributed by atoms with van der Waals surface area (Å²) in [5.41, 5.74) is 11.5. The van der Waals surface area contributed by atoms with Crippen LogP contribution in [0.2, 0.25) is 0 Å². The zero-order valence-corrected chi connectivity index (χ0v) is 30.1. The van der Waals surface area contributed by atoms with E-state index in [1.807, 2.05) is 0 Å². The monoisotopic (exact) mass is 693 g/mol. The minimum absolute atomic E-state index is 0.00624. The average molecular weight is 694 g/mol. The molecule has 4 fully saturated rings. The van der Waals surface area contributed by atoms with Gasteiger partial charge in [0.1, 0.15) is 0 Å². The van der Waals surface area contributed by atoms with E-state index in [0.29, 0.717) is 23.5 Å². The van der Waals surface area contributed by atoms with Gasteiger partial charge in [-0.3, -0.25) is 0 Å². The summed E-state index contributed by atoms with van der Waals surface area (Å²) in [6, 6.07) is 55.2. The maximum absolute atomic E-state index is 5.38. The standard InChI is InChI=1S/C51H39N3/c1-3-11-33(12-4-1)34-19-21-37(22-20-34)49-52-48(36-14-5-2-6-15-36)53-50(54-49)43-30-45-47(42-18-10-9-17-41(42)43)46-40-16-8-7-13-35(40)23-24-44(46)51(45)38-26-31-25-32(28-38)29-39(51)27-31/h1-24,30-32,38-39H,25-29H2. The van der Waals surface area contributed by atoms with Crippen molar-refractivity contribution < 1.29 is 0 Å². The van der Waals surface area contributed by atoms with Crippen LogP contribution in [0, 0.1) is 23.7 Å². The van der Waals surface area contributed by atoms with E-state index in [1.165, 1.54) is 81.5 Å². The summed E-state index contributed by atoms with van der Waals surface area (Å²) >= 11 is 0. The van der Waals surface area contributed by atoms with Gasteiger partial charge in [0, 0.05) is 22.1 Å². The minimum Gasteiger partial charge on any atom is -0.208 e. The molecule has 13 rings (SSSR count). The van der Waals surface area contributed by atoms with Crippen molar-refractivity contribution in [2.45, 2.75) is 37.5 Å².